The second kappa shape index (κ2) is 10.1. The standard InChI is InChI=1S/C11H21N.2C2H6/c1-10-6-8-12(9-7-10)11-4-2-3-5-11;2*1-2/h10-11H,2-9H2,1H3;2*1-2H3. The average Bonchev–Trinajstić information content (AvgIpc) is 2.89. The summed E-state index contributed by atoms with van der Waals surface area (Å²) in [5.41, 5.74) is 0. The molecule has 1 saturated carbocycles. The summed E-state index contributed by atoms with van der Waals surface area (Å²) in [6.45, 7) is 13.2. The minimum atomic E-state index is 0.970. The van der Waals surface area contributed by atoms with E-state index < -0.39 is 0 Å². The SMILES string of the molecule is CC.CC.CC1CCN(C2CCCC2)CC1. The van der Waals surface area contributed by atoms with Gasteiger partial charge in [-0.3, -0.25) is 0 Å². The first kappa shape index (κ1) is 16.0. The van der Waals surface area contributed by atoms with Crippen LogP contribution >= 0.6 is 0 Å². The molecule has 1 heterocycles. The summed E-state index contributed by atoms with van der Waals surface area (Å²) < 4.78 is 0. The van der Waals surface area contributed by atoms with Crippen LogP contribution in [-0.4, -0.2) is 24.0 Å². The van der Waals surface area contributed by atoms with Crippen LogP contribution in [0.1, 0.15) is 73.1 Å². The molecule has 2 fully saturated rings. The van der Waals surface area contributed by atoms with Crippen molar-refractivity contribution in [2.45, 2.75) is 79.2 Å². The minimum absolute atomic E-state index is 0.970. The minimum Gasteiger partial charge on any atom is -0.300 e. The quantitative estimate of drug-likeness (QED) is 0.627. The van der Waals surface area contributed by atoms with Crippen LogP contribution in [0.5, 0.6) is 0 Å². The van der Waals surface area contributed by atoms with E-state index in [1.54, 1.807) is 0 Å². The van der Waals surface area contributed by atoms with Gasteiger partial charge in [-0.15, -0.1) is 0 Å². The van der Waals surface area contributed by atoms with E-state index in [9.17, 15) is 0 Å². The third kappa shape index (κ3) is 5.34. The molecule has 0 N–H and O–H groups in total. The van der Waals surface area contributed by atoms with E-state index in [2.05, 4.69) is 11.8 Å². The van der Waals surface area contributed by atoms with Crippen molar-refractivity contribution >= 4 is 0 Å². The Balaban J connectivity index is 0.000000509. The zero-order valence-electron chi connectivity index (χ0n) is 12.3. The monoisotopic (exact) mass is 227 g/mol. The van der Waals surface area contributed by atoms with Crippen molar-refractivity contribution in [2.24, 2.45) is 5.92 Å². The van der Waals surface area contributed by atoms with Crippen molar-refractivity contribution in [2.75, 3.05) is 13.1 Å². The smallest absolute Gasteiger partial charge is 0.00952 e. The lowest BCUT2D eigenvalue weighted by Gasteiger charge is -2.34. The summed E-state index contributed by atoms with van der Waals surface area (Å²) in [4.78, 5) is 2.74. The van der Waals surface area contributed by atoms with Crippen LogP contribution < -0.4 is 0 Å². The second-order valence-electron chi connectivity index (χ2n) is 4.66. The maximum atomic E-state index is 2.74. The molecule has 0 aromatic carbocycles. The van der Waals surface area contributed by atoms with Crippen molar-refractivity contribution in [1.82, 2.24) is 4.90 Å². The summed E-state index contributed by atoms with van der Waals surface area (Å²) in [6, 6.07) is 0.970. The van der Waals surface area contributed by atoms with E-state index in [0.29, 0.717) is 0 Å². The normalized spacial score (nSPS) is 23.1. The van der Waals surface area contributed by atoms with E-state index in [-0.39, 0.29) is 0 Å². The van der Waals surface area contributed by atoms with Gasteiger partial charge in [0.2, 0.25) is 0 Å². The highest BCUT2D eigenvalue weighted by Gasteiger charge is 2.25. The van der Waals surface area contributed by atoms with Gasteiger partial charge in [0.25, 0.3) is 0 Å². The highest BCUT2D eigenvalue weighted by atomic mass is 15.2. The Labute approximate surface area is 104 Å². The highest BCUT2D eigenvalue weighted by molar-refractivity contribution is 4.80. The van der Waals surface area contributed by atoms with Crippen molar-refractivity contribution in [3.8, 4) is 0 Å². The molecular weight excluding hydrogens is 194 g/mol. The van der Waals surface area contributed by atoms with Crippen molar-refractivity contribution in [1.29, 1.82) is 0 Å². The molecule has 0 radical (unpaired) electrons. The van der Waals surface area contributed by atoms with Gasteiger partial charge in [0.05, 0.1) is 0 Å². The van der Waals surface area contributed by atoms with Gasteiger partial charge in [-0.05, 0) is 44.7 Å². The van der Waals surface area contributed by atoms with E-state index >= 15 is 0 Å². The number of piperidine rings is 1. The Morgan fingerprint density at radius 2 is 1.19 bits per heavy atom. The van der Waals surface area contributed by atoms with Crippen LogP contribution in [0.3, 0.4) is 0 Å². The van der Waals surface area contributed by atoms with E-state index in [1.807, 2.05) is 27.7 Å². The molecule has 2 rings (SSSR count). The summed E-state index contributed by atoms with van der Waals surface area (Å²) >= 11 is 0. The molecule has 0 unspecified atom stereocenters. The van der Waals surface area contributed by atoms with Gasteiger partial charge in [-0.2, -0.15) is 0 Å². The first-order valence-corrected chi connectivity index (χ1v) is 7.60. The third-order valence-corrected chi connectivity index (χ3v) is 3.66. The summed E-state index contributed by atoms with van der Waals surface area (Å²) in [6.07, 6.45) is 8.81. The van der Waals surface area contributed by atoms with Crippen LogP contribution in [0.4, 0.5) is 0 Å². The van der Waals surface area contributed by atoms with Gasteiger partial charge in [0.1, 0.15) is 0 Å². The fourth-order valence-corrected chi connectivity index (χ4v) is 2.66. The lowest BCUT2D eigenvalue weighted by molar-refractivity contribution is 0.140. The Kier molecular flexibility index (Phi) is 10.1. The Hall–Kier alpha value is -0.0400. The fourth-order valence-electron chi connectivity index (χ4n) is 2.66. The predicted molar refractivity (Wildman–Crippen MR) is 74.9 cm³/mol. The zero-order chi connectivity index (χ0) is 12.4. The largest absolute Gasteiger partial charge is 0.300 e. The number of rotatable bonds is 1. The molecule has 98 valence electrons. The molecule has 1 aliphatic carbocycles. The van der Waals surface area contributed by atoms with E-state index in [0.717, 1.165) is 12.0 Å². The summed E-state index contributed by atoms with van der Waals surface area (Å²) in [5.74, 6) is 0.989. The van der Waals surface area contributed by atoms with Crippen LogP contribution in [0.25, 0.3) is 0 Å². The van der Waals surface area contributed by atoms with Gasteiger partial charge >= 0.3 is 0 Å². The van der Waals surface area contributed by atoms with E-state index in [4.69, 9.17) is 0 Å². The Morgan fingerprint density at radius 3 is 1.62 bits per heavy atom. The van der Waals surface area contributed by atoms with Gasteiger partial charge in [0.15, 0.2) is 0 Å². The molecule has 16 heavy (non-hydrogen) atoms. The molecule has 0 aromatic rings. The number of nitrogens with zero attached hydrogens (tertiary/aromatic N) is 1. The highest BCUT2D eigenvalue weighted by Crippen LogP contribution is 2.27. The average molecular weight is 227 g/mol. The molecular formula is C15H33N. The molecule has 2 aliphatic rings. The van der Waals surface area contributed by atoms with Crippen LogP contribution in [0.2, 0.25) is 0 Å². The lowest BCUT2D eigenvalue weighted by Crippen LogP contribution is -2.39. The fraction of sp³-hybridized carbons (Fsp3) is 1.00. The van der Waals surface area contributed by atoms with Crippen molar-refractivity contribution in [3.63, 3.8) is 0 Å². The second-order valence-corrected chi connectivity index (χ2v) is 4.66. The molecule has 1 saturated heterocycles. The van der Waals surface area contributed by atoms with Crippen LogP contribution in [0.15, 0.2) is 0 Å². The maximum Gasteiger partial charge on any atom is 0.00952 e. The molecule has 0 aromatic heterocycles. The Bertz CT molecular complexity index is 130. The number of hydrogen-bond acceptors (Lipinski definition) is 1. The van der Waals surface area contributed by atoms with Gasteiger partial charge in [-0.25, -0.2) is 0 Å². The van der Waals surface area contributed by atoms with E-state index in [1.165, 1.54) is 51.6 Å². The predicted octanol–water partition coefficient (Wildman–Crippen LogP) is 4.71. The molecule has 1 heteroatoms. The Morgan fingerprint density at radius 1 is 0.750 bits per heavy atom. The molecule has 0 atom stereocenters. The first-order chi connectivity index (χ1) is 7.86. The lowest BCUT2D eigenvalue weighted by atomic mass is 9.97. The number of likely N-dealkylation sites (tertiary alicyclic amines) is 1. The summed E-state index contributed by atoms with van der Waals surface area (Å²) in [7, 11) is 0. The van der Waals surface area contributed by atoms with Crippen molar-refractivity contribution < 1.29 is 0 Å². The van der Waals surface area contributed by atoms with Crippen LogP contribution in [0, 0.1) is 5.92 Å². The summed E-state index contributed by atoms with van der Waals surface area (Å²) in [5, 5.41) is 0. The topological polar surface area (TPSA) is 3.24 Å². The van der Waals surface area contributed by atoms with Crippen molar-refractivity contribution in [3.05, 3.63) is 0 Å². The third-order valence-electron chi connectivity index (χ3n) is 3.66. The molecule has 0 spiro atoms. The van der Waals surface area contributed by atoms with Crippen LogP contribution in [-0.2, 0) is 0 Å². The zero-order valence-corrected chi connectivity index (χ0v) is 12.3. The first-order valence-electron chi connectivity index (χ1n) is 7.60. The molecule has 1 aliphatic heterocycles. The molecule has 1 nitrogen and oxygen atoms in total. The van der Waals surface area contributed by atoms with Gasteiger partial charge < -0.3 is 4.90 Å². The van der Waals surface area contributed by atoms with Gasteiger partial charge in [-0.1, -0.05) is 47.5 Å². The number of hydrogen-bond donors (Lipinski definition) is 0. The molecule has 0 amide bonds. The maximum absolute atomic E-state index is 2.74. The van der Waals surface area contributed by atoms with Gasteiger partial charge in [0, 0.05) is 6.04 Å². The molecule has 0 bridgehead atoms.